The molecule has 0 fully saturated rings. The van der Waals surface area contributed by atoms with Gasteiger partial charge in [0, 0.05) is 16.8 Å². The summed E-state index contributed by atoms with van der Waals surface area (Å²) in [6.45, 7) is 0. The Labute approximate surface area is 111 Å². The quantitative estimate of drug-likeness (QED) is 0.651. The molecule has 1 aromatic heterocycles. The van der Waals surface area contributed by atoms with E-state index in [9.17, 15) is 0 Å². The topological polar surface area (TPSA) is 13.1 Å². The lowest BCUT2D eigenvalue weighted by molar-refractivity contribution is 0.547. The second-order valence-electron chi connectivity index (χ2n) is 4.38. The first kappa shape index (κ1) is 11.4. The molecule has 0 unspecified atom stereocenters. The summed E-state index contributed by atoms with van der Waals surface area (Å²) in [4.78, 5) is 0. The highest BCUT2D eigenvalue weighted by Crippen LogP contribution is 2.23. The van der Waals surface area contributed by atoms with E-state index in [1.165, 1.54) is 5.56 Å². The Balaban J connectivity index is 1.79. The molecule has 0 saturated heterocycles. The molecule has 0 aliphatic heterocycles. The Morgan fingerprint density at radius 2 is 1.72 bits per heavy atom. The second-order valence-corrected chi connectivity index (χ2v) is 4.82. The smallest absolute Gasteiger partial charge is 0.135 e. The Morgan fingerprint density at radius 3 is 2.56 bits per heavy atom. The average Bonchev–Trinajstić information content (AvgIpc) is 2.79. The van der Waals surface area contributed by atoms with Gasteiger partial charge in [0.25, 0.3) is 0 Å². The molecule has 0 aliphatic rings. The molecule has 18 heavy (non-hydrogen) atoms. The van der Waals surface area contributed by atoms with Crippen molar-refractivity contribution in [2.75, 3.05) is 0 Å². The third-order valence-corrected chi connectivity index (χ3v) is 3.27. The number of aryl methyl sites for hydroxylation is 2. The van der Waals surface area contributed by atoms with Gasteiger partial charge in [0.1, 0.15) is 11.3 Å². The summed E-state index contributed by atoms with van der Waals surface area (Å²) in [5.74, 6) is 1.01. The van der Waals surface area contributed by atoms with Gasteiger partial charge in [-0.05, 0) is 36.2 Å². The maximum Gasteiger partial charge on any atom is 0.135 e. The maximum atomic E-state index is 5.94. The highest BCUT2D eigenvalue weighted by atomic mass is 35.5. The average molecular weight is 257 g/mol. The van der Waals surface area contributed by atoms with Crippen LogP contribution in [-0.4, -0.2) is 0 Å². The largest absolute Gasteiger partial charge is 0.461 e. The van der Waals surface area contributed by atoms with Crippen molar-refractivity contribution >= 4 is 22.6 Å². The Hall–Kier alpha value is -1.73. The third kappa shape index (κ3) is 2.41. The van der Waals surface area contributed by atoms with Crippen LogP contribution in [0.5, 0.6) is 0 Å². The summed E-state index contributed by atoms with van der Waals surface area (Å²) in [5, 5.41) is 1.83. The first-order valence-corrected chi connectivity index (χ1v) is 6.41. The van der Waals surface area contributed by atoms with Crippen molar-refractivity contribution in [2.45, 2.75) is 12.8 Å². The predicted octanol–water partition coefficient (Wildman–Crippen LogP) is 4.87. The Kier molecular flexibility index (Phi) is 3.07. The Bertz CT molecular complexity index is 655. The maximum absolute atomic E-state index is 5.94. The van der Waals surface area contributed by atoms with Crippen molar-refractivity contribution in [3.8, 4) is 0 Å². The van der Waals surface area contributed by atoms with Crippen molar-refractivity contribution in [2.24, 2.45) is 0 Å². The van der Waals surface area contributed by atoms with Crippen molar-refractivity contribution in [1.82, 2.24) is 0 Å². The van der Waals surface area contributed by atoms with E-state index in [0.717, 1.165) is 29.6 Å². The van der Waals surface area contributed by atoms with Gasteiger partial charge in [0.05, 0.1) is 0 Å². The molecule has 90 valence electrons. The van der Waals surface area contributed by atoms with E-state index < -0.39 is 0 Å². The van der Waals surface area contributed by atoms with Gasteiger partial charge in [-0.2, -0.15) is 0 Å². The van der Waals surface area contributed by atoms with E-state index in [1.54, 1.807) is 0 Å². The van der Waals surface area contributed by atoms with E-state index in [-0.39, 0.29) is 0 Å². The molecule has 2 aromatic carbocycles. The van der Waals surface area contributed by atoms with Crippen LogP contribution in [0.1, 0.15) is 11.3 Å². The standard InChI is InChI=1S/C16H13ClO/c17-14-8-7-13-10-15(18-16(13)11-14)9-6-12-4-2-1-3-5-12/h1-5,7-8,10-11H,6,9H2. The fourth-order valence-electron chi connectivity index (χ4n) is 2.10. The summed E-state index contributed by atoms with van der Waals surface area (Å²) >= 11 is 5.94. The first-order valence-electron chi connectivity index (χ1n) is 6.03. The molecule has 0 amide bonds. The summed E-state index contributed by atoms with van der Waals surface area (Å²) in [5.41, 5.74) is 2.20. The molecule has 0 aliphatic carbocycles. The number of rotatable bonds is 3. The van der Waals surface area contributed by atoms with Crippen LogP contribution in [0, 0.1) is 0 Å². The molecular formula is C16H13ClO. The SMILES string of the molecule is Clc1ccc2cc(CCc3ccccc3)oc2c1. The minimum atomic E-state index is 0.714. The molecular weight excluding hydrogens is 244 g/mol. The minimum Gasteiger partial charge on any atom is -0.461 e. The zero-order valence-corrected chi connectivity index (χ0v) is 10.7. The molecule has 2 heteroatoms. The first-order chi connectivity index (χ1) is 8.81. The molecule has 3 rings (SSSR count). The number of furan rings is 1. The summed E-state index contributed by atoms with van der Waals surface area (Å²) in [6.07, 6.45) is 1.91. The molecule has 0 spiro atoms. The van der Waals surface area contributed by atoms with Gasteiger partial charge in [-0.25, -0.2) is 0 Å². The van der Waals surface area contributed by atoms with Crippen molar-refractivity contribution < 1.29 is 4.42 Å². The summed E-state index contributed by atoms with van der Waals surface area (Å²) < 4.78 is 5.79. The molecule has 0 atom stereocenters. The molecule has 0 radical (unpaired) electrons. The molecule has 3 aromatic rings. The number of benzene rings is 2. The van der Waals surface area contributed by atoms with E-state index in [4.69, 9.17) is 16.0 Å². The lowest BCUT2D eigenvalue weighted by Gasteiger charge is -1.97. The van der Waals surface area contributed by atoms with Gasteiger partial charge in [-0.1, -0.05) is 41.9 Å². The minimum absolute atomic E-state index is 0.714. The van der Waals surface area contributed by atoms with Crippen LogP contribution >= 0.6 is 11.6 Å². The number of halogens is 1. The van der Waals surface area contributed by atoms with E-state index >= 15 is 0 Å². The highest BCUT2D eigenvalue weighted by Gasteiger charge is 2.04. The van der Waals surface area contributed by atoms with Crippen molar-refractivity contribution in [1.29, 1.82) is 0 Å². The summed E-state index contributed by atoms with van der Waals surface area (Å²) in [7, 11) is 0. The van der Waals surface area contributed by atoms with E-state index in [0.29, 0.717) is 5.02 Å². The third-order valence-electron chi connectivity index (χ3n) is 3.04. The van der Waals surface area contributed by atoms with Gasteiger partial charge < -0.3 is 4.42 Å². The zero-order chi connectivity index (χ0) is 12.4. The van der Waals surface area contributed by atoms with Gasteiger partial charge in [0.2, 0.25) is 0 Å². The van der Waals surface area contributed by atoms with Gasteiger partial charge in [-0.15, -0.1) is 0 Å². The highest BCUT2D eigenvalue weighted by molar-refractivity contribution is 6.31. The van der Waals surface area contributed by atoms with Crippen LogP contribution in [0.15, 0.2) is 59.0 Å². The Morgan fingerprint density at radius 1 is 0.889 bits per heavy atom. The van der Waals surface area contributed by atoms with Crippen LogP contribution in [0.25, 0.3) is 11.0 Å². The normalized spacial score (nSPS) is 10.9. The number of fused-ring (bicyclic) bond motifs is 1. The number of hydrogen-bond acceptors (Lipinski definition) is 1. The molecule has 1 nitrogen and oxygen atoms in total. The second kappa shape index (κ2) is 4.87. The van der Waals surface area contributed by atoms with E-state index in [2.05, 4.69) is 30.3 Å². The molecule has 1 heterocycles. The fraction of sp³-hybridized carbons (Fsp3) is 0.125. The molecule has 0 bridgehead atoms. The van der Waals surface area contributed by atoms with Crippen LogP contribution < -0.4 is 0 Å². The zero-order valence-electron chi connectivity index (χ0n) is 9.90. The van der Waals surface area contributed by atoms with Crippen LogP contribution in [0.4, 0.5) is 0 Å². The summed E-state index contributed by atoms with van der Waals surface area (Å²) in [6, 6.07) is 18.3. The van der Waals surface area contributed by atoms with Gasteiger partial charge in [0.15, 0.2) is 0 Å². The lowest BCUT2D eigenvalue weighted by atomic mass is 10.1. The van der Waals surface area contributed by atoms with E-state index in [1.807, 2.05) is 24.3 Å². The van der Waals surface area contributed by atoms with Gasteiger partial charge in [-0.3, -0.25) is 0 Å². The fourth-order valence-corrected chi connectivity index (χ4v) is 2.26. The molecule has 0 saturated carbocycles. The van der Waals surface area contributed by atoms with Crippen molar-refractivity contribution in [3.63, 3.8) is 0 Å². The van der Waals surface area contributed by atoms with Crippen LogP contribution in [0.2, 0.25) is 5.02 Å². The van der Waals surface area contributed by atoms with Gasteiger partial charge >= 0.3 is 0 Å². The van der Waals surface area contributed by atoms with Crippen molar-refractivity contribution in [3.05, 3.63) is 70.9 Å². The predicted molar refractivity (Wildman–Crippen MR) is 75.1 cm³/mol. The monoisotopic (exact) mass is 256 g/mol. The number of hydrogen-bond donors (Lipinski definition) is 0. The lowest BCUT2D eigenvalue weighted by Crippen LogP contribution is -1.88. The van der Waals surface area contributed by atoms with Crippen LogP contribution in [-0.2, 0) is 12.8 Å². The van der Waals surface area contributed by atoms with Crippen LogP contribution in [0.3, 0.4) is 0 Å². The molecule has 0 N–H and O–H groups in total.